The molecule has 0 spiro atoms. The van der Waals surface area contributed by atoms with Gasteiger partial charge in [0.25, 0.3) is 5.03 Å². The zero-order valence-corrected chi connectivity index (χ0v) is 22.1. The number of methoxy groups -OCH3 is 1. The number of fused-ring (bicyclic) bond motifs is 1. The second-order valence-electron chi connectivity index (χ2n) is 8.27. The van der Waals surface area contributed by atoms with E-state index >= 15 is 0 Å². The molecule has 4 rings (SSSR count). The van der Waals surface area contributed by atoms with Gasteiger partial charge in [-0.05, 0) is 73.2 Å². The van der Waals surface area contributed by atoms with Gasteiger partial charge >= 0.3 is 5.97 Å². The van der Waals surface area contributed by atoms with Crippen molar-refractivity contribution in [2.45, 2.75) is 62.6 Å². The summed E-state index contributed by atoms with van der Waals surface area (Å²) in [7, 11) is 1.57. The van der Waals surface area contributed by atoms with Crippen molar-refractivity contribution in [1.29, 1.82) is 0 Å². The van der Waals surface area contributed by atoms with E-state index in [1.807, 2.05) is 6.92 Å². The predicted molar refractivity (Wildman–Crippen MR) is 134 cm³/mol. The Kier molecular flexibility index (Phi) is 8.52. The minimum absolute atomic E-state index is 0.190. The highest BCUT2D eigenvalue weighted by Gasteiger charge is 2.31. The predicted octanol–water partition coefficient (Wildman–Crippen LogP) is 4.05. The number of rotatable bonds is 9. The first-order valence-electron chi connectivity index (χ1n) is 12.0. The molecule has 2 aromatic heterocycles. The fraction of sp³-hybridized carbons (Fsp3) is 0.440. The summed E-state index contributed by atoms with van der Waals surface area (Å²) >= 11 is 2.53. The van der Waals surface area contributed by atoms with Crippen molar-refractivity contribution in [2.75, 3.05) is 19.0 Å². The summed E-state index contributed by atoms with van der Waals surface area (Å²) in [6.45, 7) is 3.89. The highest BCUT2D eigenvalue weighted by atomic mass is 32.2. The first-order valence-corrected chi connectivity index (χ1v) is 13.7. The van der Waals surface area contributed by atoms with Crippen molar-refractivity contribution in [3.63, 3.8) is 0 Å². The highest BCUT2D eigenvalue weighted by Crippen LogP contribution is 2.39. The van der Waals surface area contributed by atoms with Gasteiger partial charge in [-0.2, -0.15) is 0 Å². The molecule has 0 saturated heterocycles. The van der Waals surface area contributed by atoms with Crippen molar-refractivity contribution in [3.05, 3.63) is 40.3 Å². The van der Waals surface area contributed by atoms with Gasteiger partial charge in [-0.25, -0.2) is 4.79 Å². The number of aryl methyl sites for hydroxylation is 1. The van der Waals surface area contributed by atoms with Crippen LogP contribution in [0, 0.1) is 0 Å². The van der Waals surface area contributed by atoms with Gasteiger partial charge in [0.05, 0.1) is 29.8 Å². The van der Waals surface area contributed by atoms with Crippen LogP contribution in [0.2, 0.25) is 0 Å². The van der Waals surface area contributed by atoms with Crippen LogP contribution >= 0.6 is 23.1 Å². The van der Waals surface area contributed by atoms with Gasteiger partial charge < -0.3 is 24.4 Å². The average Bonchev–Trinajstić information content (AvgIpc) is 3.32. The lowest BCUT2D eigenvalue weighted by molar-refractivity contribution is -0.705. The van der Waals surface area contributed by atoms with Crippen LogP contribution in [0.1, 0.15) is 60.3 Å². The number of nitrogens with zero attached hydrogens (tertiary/aromatic N) is 2. The molecule has 36 heavy (non-hydrogen) atoms. The summed E-state index contributed by atoms with van der Waals surface area (Å²) in [5, 5.41) is 19.4. The third-order valence-corrected chi connectivity index (χ3v) is 8.55. The summed E-state index contributed by atoms with van der Waals surface area (Å²) in [6, 6.07) is 6.99. The van der Waals surface area contributed by atoms with Crippen LogP contribution in [0.4, 0.5) is 5.00 Å². The molecule has 1 aromatic carbocycles. The van der Waals surface area contributed by atoms with Crippen molar-refractivity contribution >= 4 is 40.0 Å². The summed E-state index contributed by atoms with van der Waals surface area (Å²) < 4.78 is 16.8. The number of thioether (sulfide) groups is 1. The molecule has 0 radical (unpaired) electrons. The molecule has 1 N–H and O–H groups in total. The topological polar surface area (TPSA) is 118 Å². The molecule has 11 heteroatoms. The van der Waals surface area contributed by atoms with Crippen LogP contribution in [0.3, 0.4) is 0 Å². The maximum Gasteiger partial charge on any atom is 0.341 e. The smallest absolute Gasteiger partial charge is 0.341 e. The minimum Gasteiger partial charge on any atom is -0.538 e. The molecule has 0 aliphatic heterocycles. The Morgan fingerprint density at radius 3 is 2.67 bits per heavy atom. The van der Waals surface area contributed by atoms with E-state index in [1.165, 1.54) is 16.0 Å². The van der Waals surface area contributed by atoms with E-state index in [-0.39, 0.29) is 17.5 Å². The van der Waals surface area contributed by atoms with E-state index in [0.717, 1.165) is 54.3 Å². The van der Waals surface area contributed by atoms with Crippen molar-refractivity contribution in [1.82, 2.24) is 5.27 Å². The summed E-state index contributed by atoms with van der Waals surface area (Å²) in [5.74, 6) is -0.674. The highest BCUT2D eigenvalue weighted by molar-refractivity contribution is 8.00. The number of hydrogen-bond donors (Lipinski definition) is 1. The number of amides is 1. The Bertz CT molecular complexity index is 1220. The van der Waals surface area contributed by atoms with Crippen LogP contribution < -0.4 is 19.8 Å². The zero-order valence-electron chi connectivity index (χ0n) is 20.5. The molecule has 2 heterocycles. The number of thiophene rings is 1. The van der Waals surface area contributed by atoms with Gasteiger partial charge in [0.15, 0.2) is 5.95 Å². The summed E-state index contributed by atoms with van der Waals surface area (Å²) in [5.41, 5.74) is 2.06. The van der Waals surface area contributed by atoms with Gasteiger partial charge in [-0.15, -0.1) is 11.3 Å². The Hall–Kier alpha value is -3.05. The molecular weight excluding hydrogens is 502 g/mol. The fourth-order valence-corrected chi connectivity index (χ4v) is 6.38. The molecule has 1 aliphatic carbocycles. The van der Waals surface area contributed by atoms with Crippen molar-refractivity contribution in [3.8, 4) is 17.4 Å². The number of benzene rings is 1. The number of esters is 1. The fourth-order valence-electron chi connectivity index (χ4n) is 4.13. The second-order valence-corrected chi connectivity index (χ2v) is 10.6. The van der Waals surface area contributed by atoms with E-state index in [4.69, 9.17) is 14.0 Å². The van der Waals surface area contributed by atoms with Gasteiger partial charge in [-0.1, -0.05) is 13.3 Å². The standard InChI is InChI=1S/C25H29N3O6S2/c1-4-18(36-23-25(31)34-27-28(23)15-11-13-16(32-3)14-12-15)21(29)26-22-20(24(30)33-5-2)17-9-7-6-8-10-19(17)35-22/h11-14,18H,4-10H2,1-3H3,(H-,26,27,29,30,31). The van der Waals surface area contributed by atoms with Gasteiger partial charge in [-0.3, -0.25) is 4.79 Å². The third-order valence-electron chi connectivity index (χ3n) is 5.94. The Balaban J connectivity index is 1.58. The van der Waals surface area contributed by atoms with Crippen molar-refractivity contribution in [2.24, 2.45) is 0 Å². The first-order chi connectivity index (χ1) is 17.5. The lowest BCUT2D eigenvalue weighted by atomic mass is 10.1. The Morgan fingerprint density at radius 2 is 1.97 bits per heavy atom. The zero-order chi connectivity index (χ0) is 25.7. The number of carbonyl (C=O) groups is 2. The molecule has 0 fully saturated rings. The molecule has 9 nitrogen and oxygen atoms in total. The quantitative estimate of drug-likeness (QED) is 0.190. The summed E-state index contributed by atoms with van der Waals surface area (Å²) in [6.07, 6.45) is 5.30. The Labute approximate surface area is 217 Å². The van der Waals surface area contributed by atoms with Crippen LogP contribution in [0.5, 0.6) is 11.7 Å². The molecule has 1 aliphatic rings. The molecule has 1 amide bonds. The lowest BCUT2D eigenvalue weighted by Gasteiger charge is -2.13. The molecule has 0 saturated carbocycles. The van der Waals surface area contributed by atoms with Gasteiger partial charge in [0.2, 0.25) is 11.6 Å². The van der Waals surface area contributed by atoms with Crippen LogP contribution in [-0.2, 0) is 22.4 Å². The van der Waals surface area contributed by atoms with Crippen LogP contribution in [0.25, 0.3) is 5.69 Å². The van der Waals surface area contributed by atoms with Crippen molar-refractivity contribution < 1.29 is 33.4 Å². The van der Waals surface area contributed by atoms with Crippen LogP contribution in [0.15, 0.2) is 33.8 Å². The monoisotopic (exact) mass is 531 g/mol. The number of ether oxygens (including phenoxy) is 2. The normalized spacial score (nSPS) is 14.0. The van der Waals surface area contributed by atoms with E-state index in [0.29, 0.717) is 28.4 Å². The van der Waals surface area contributed by atoms with E-state index in [2.05, 4.69) is 10.6 Å². The first kappa shape index (κ1) is 26.0. The third kappa shape index (κ3) is 5.52. The second kappa shape index (κ2) is 11.8. The molecule has 0 bridgehead atoms. The SMILES string of the molecule is CCOC(=O)c1c(NC(=O)C(CC)Sc2c([O-])on[n+]2-c2ccc(OC)cc2)sc2c1CCCCC2. The maximum atomic E-state index is 13.4. The van der Waals surface area contributed by atoms with E-state index in [1.54, 1.807) is 38.3 Å². The minimum atomic E-state index is -0.628. The number of carbonyl (C=O) groups excluding carboxylic acids is 2. The number of aromatic nitrogens is 2. The summed E-state index contributed by atoms with van der Waals surface area (Å²) in [4.78, 5) is 27.3. The van der Waals surface area contributed by atoms with E-state index < -0.39 is 17.2 Å². The molecule has 1 unspecified atom stereocenters. The maximum absolute atomic E-state index is 13.4. The van der Waals surface area contributed by atoms with Gasteiger partial charge in [0.1, 0.15) is 10.8 Å². The number of hydrogen-bond acceptors (Lipinski definition) is 9. The largest absolute Gasteiger partial charge is 0.538 e. The number of anilines is 1. The molecular formula is C25H29N3O6S2. The molecule has 3 aromatic rings. The molecule has 192 valence electrons. The molecule has 1 atom stereocenters. The van der Waals surface area contributed by atoms with Gasteiger partial charge in [0, 0.05) is 17.0 Å². The number of nitrogens with one attached hydrogen (secondary N) is 1. The van der Waals surface area contributed by atoms with Crippen LogP contribution in [-0.4, -0.2) is 36.1 Å². The van der Waals surface area contributed by atoms with E-state index in [9.17, 15) is 14.7 Å². The lowest BCUT2D eigenvalue weighted by Crippen LogP contribution is -2.36. The average molecular weight is 532 g/mol. The Morgan fingerprint density at radius 1 is 1.22 bits per heavy atom.